The molecule has 0 radical (unpaired) electrons. The molecule has 44 heavy (non-hydrogen) atoms. The van der Waals surface area contributed by atoms with Gasteiger partial charge in [0.25, 0.3) is 0 Å². The van der Waals surface area contributed by atoms with Crippen LogP contribution in [0.3, 0.4) is 0 Å². The second-order valence-corrected chi connectivity index (χ2v) is 14.9. The van der Waals surface area contributed by atoms with Crippen molar-refractivity contribution in [3.05, 3.63) is 117 Å². The first-order valence-corrected chi connectivity index (χ1v) is 15.3. The van der Waals surface area contributed by atoms with Gasteiger partial charge in [0.1, 0.15) is 11.6 Å². The molecule has 0 saturated heterocycles. The van der Waals surface area contributed by atoms with E-state index >= 15 is 8.78 Å². The van der Waals surface area contributed by atoms with Gasteiger partial charge in [-0.05, 0) is 52.6 Å². The Bertz CT molecular complexity index is 1630. The summed E-state index contributed by atoms with van der Waals surface area (Å²) in [6.45, 7) is 16.6. The number of pyridine rings is 2. The summed E-state index contributed by atoms with van der Waals surface area (Å²) in [5.41, 5.74) is 5.51. The molecule has 2 aromatic carbocycles. The van der Waals surface area contributed by atoms with Crippen molar-refractivity contribution in [2.45, 2.75) is 77.0 Å². The van der Waals surface area contributed by atoms with E-state index in [9.17, 15) is 0 Å². The number of benzene rings is 2. The van der Waals surface area contributed by atoms with Crippen LogP contribution >= 0.6 is 0 Å². The van der Waals surface area contributed by atoms with E-state index in [1.165, 1.54) is 0 Å². The third-order valence-corrected chi connectivity index (χ3v) is 9.92. The molecule has 4 nitrogen and oxygen atoms in total. The van der Waals surface area contributed by atoms with E-state index in [1.807, 2.05) is 68.0 Å². The number of fused-ring (bicyclic) bond motifs is 8. The molecule has 2 aromatic heterocycles. The molecule has 3 heterocycles. The number of rotatable bonds is 2. The third-order valence-electron chi connectivity index (χ3n) is 9.92. The summed E-state index contributed by atoms with van der Waals surface area (Å²) in [6.07, 6.45) is 0. The summed E-state index contributed by atoms with van der Waals surface area (Å²) in [7, 11) is 8.00. The van der Waals surface area contributed by atoms with E-state index in [-0.39, 0.29) is 0 Å². The van der Waals surface area contributed by atoms with E-state index in [0.717, 1.165) is 51.3 Å². The van der Waals surface area contributed by atoms with Gasteiger partial charge in [0.15, 0.2) is 0 Å². The second-order valence-electron chi connectivity index (χ2n) is 14.9. The second kappa shape index (κ2) is 10.4. The highest BCUT2D eigenvalue weighted by molar-refractivity contribution is 5.56. The number of halogens is 2. The smallest absolute Gasteiger partial charge is 0.130 e. The molecular formula is C38H46F2N4. The molecule has 0 fully saturated rings. The van der Waals surface area contributed by atoms with Crippen LogP contribution in [0.1, 0.15) is 100 Å². The quantitative estimate of drug-likeness (QED) is 0.232. The molecule has 4 aromatic rings. The highest BCUT2D eigenvalue weighted by Gasteiger charge is 2.38. The van der Waals surface area contributed by atoms with Crippen LogP contribution < -0.4 is 9.80 Å². The predicted molar refractivity (Wildman–Crippen MR) is 178 cm³/mol. The highest BCUT2D eigenvalue weighted by atomic mass is 19.1. The van der Waals surface area contributed by atoms with Crippen molar-refractivity contribution in [3.8, 4) is 0 Å². The van der Waals surface area contributed by atoms with Crippen LogP contribution in [-0.4, -0.2) is 38.2 Å². The summed E-state index contributed by atoms with van der Waals surface area (Å²) in [5.74, 6) is -1.17. The zero-order chi connectivity index (χ0) is 32.6. The van der Waals surface area contributed by atoms with E-state index < -0.39 is 33.3 Å². The summed E-state index contributed by atoms with van der Waals surface area (Å²) >= 11 is 0. The minimum Gasteiger partial charge on any atom is -0.378 e. The average molecular weight is 597 g/mol. The fourth-order valence-corrected chi connectivity index (χ4v) is 6.20. The van der Waals surface area contributed by atoms with Crippen molar-refractivity contribution < 1.29 is 8.78 Å². The Morgan fingerprint density at radius 1 is 0.477 bits per heavy atom. The Labute approximate surface area is 262 Å². The molecule has 0 saturated carbocycles. The summed E-state index contributed by atoms with van der Waals surface area (Å²) in [6, 6.07) is 19.7. The molecule has 6 heteroatoms. The zero-order valence-electron chi connectivity index (χ0n) is 28.3. The molecule has 0 atom stereocenters. The van der Waals surface area contributed by atoms with Gasteiger partial charge in [-0.2, -0.15) is 0 Å². The van der Waals surface area contributed by atoms with Crippen LogP contribution in [-0.2, 0) is 21.7 Å². The molecule has 8 bridgehead atoms. The van der Waals surface area contributed by atoms with Crippen molar-refractivity contribution in [1.29, 1.82) is 0 Å². The fourth-order valence-electron chi connectivity index (χ4n) is 6.20. The Kier molecular flexibility index (Phi) is 7.47. The van der Waals surface area contributed by atoms with E-state index in [1.54, 1.807) is 6.07 Å². The van der Waals surface area contributed by atoms with Crippen molar-refractivity contribution in [2.75, 3.05) is 38.0 Å². The van der Waals surface area contributed by atoms with Crippen LogP contribution in [0, 0.1) is 11.6 Å². The number of hydrogen-bond donors (Lipinski definition) is 0. The Balaban J connectivity index is 1.95. The molecule has 0 amide bonds. The molecule has 1 aliphatic rings. The average Bonchev–Trinajstić information content (AvgIpc) is 2.95. The lowest BCUT2D eigenvalue weighted by Gasteiger charge is -2.35. The number of aromatic nitrogens is 2. The van der Waals surface area contributed by atoms with Gasteiger partial charge in [0.05, 0.1) is 22.8 Å². The van der Waals surface area contributed by atoms with Crippen LogP contribution in [0.2, 0.25) is 0 Å². The monoisotopic (exact) mass is 596 g/mol. The SMILES string of the molecule is CN(C)c1cc2nc(c1)C(C)(C)c1cc(c(F)cc1F)C(C)(C)c1cc(N(C)C)cc(n1)C(C)(C)c1cccc(c1)C2(C)C. The molecule has 232 valence electrons. The van der Waals surface area contributed by atoms with Gasteiger partial charge in [-0.1, -0.05) is 79.7 Å². The Hall–Kier alpha value is -3.80. The molecule has 0 unspecified atom stereocenters. The van der Waals surface area contributed by atoms with Gasteiger partial charge in [-0.15, -0.1) is 0 Å². The largest absolute Gasteiger partial charge is 0.378 e. The maximum atomic E-state index is 15.9. The summed E-state index contributed by atoms with van der Waals surface area (Å²) in [5, 5.41) is 0. The lowest BCUT2D eigenvalue weighted by Crippen LogP contribution is -2.31. The van der Waals surface area contributed by atoms with Gasteiger partial charge < -0.3 is 9.80 Å². The lowest BCUT2D eigenvalue weighted by atomic mass is 9.73. The van der Waals surface area contributed by atoms with E-state index in [0.29, 0.717) is 11.1 Å². The summed E-state index contributed by atoms with van der Waals surface area (Å²) < 4.78 is 31.8. The van der Waals surface area contributed by atoms with Crippen molar-refractivity contribution in [2.24, 2.45) is 0 Å². The van der Waals surface area contributed by atoms with Crippen molar-refractivity contribution >= 4 is 11.4 Å². The first kappa shape index (κ1) is 31.6. The Morgan fingerprint density at radius 2 is 0.818 bits per heavy atom. The van der Waals surface area contributed by atoms with Crippen LogP contribution in [0.15, 0.2) is 60.7 Å². The van der Waals surface area contributed by atoms with Gasteiger partial charge in [0.2, 0.25) is 0 Å². The maximum Gasteiger partial charge on any atom is 0.130 e. The molecule has 0 spiro atoms. The van der Waals surface area contributed by atoms with E-state index in [4.69, 9.17) is 9.97 Å². The highest BCUT2D eigenvalue weighted by Crippen LogP contribution is 2.43. The number of hydrogen-bond acceptors (Lipinski definition) is 4. The molecule has 1 aliphatic heterocycles. The molecule has 5 rings (SSSR count). The van der Waals surface area contributed by atoms with Gasteiger partial charge in [-0.3, -0.25) is 9.97 Å². The normalized spacial score (nSPS) is 17.6. The minimum absolute atomic E-state index is 0.396. The van der Waals surface area contributed by atoms with Gasteiger partial charge >= 0.3 is 0 Å². The van der Waals surface area contributed by atoms with Gasteiger partial charge in [0, 0.05) is 67.3 Å². The first-order valence-electron chi connectivity index (χ1n) is 15.3. The number of nitrogens with zero attached hydrogens (tertiary/aromatic N) is 4. The first-order chi connectivity index (χ1) is 20.3. The predicted octanol–water partition coefficient (Wildman–Crippen LogP) is 8.50. The lowest BCUT2D eigenvalue weighted by molar-refractivity contribution is 0.491. The van der Waals surface area contributed by atoms with Crippen molar-refractivity contribution in [3.63, 3.8) is 0 Å². The molecule has 0 N–H and O–H groups in total. The zero-order valence-corrected chi connectivity index (χ0v) is 28.3. The minimum atomic E-state index is -0.871. The van der Waals surface area contributed by atoms with Crippen LogP contribution in [0.25, 0.3) is 0 Å². The topological polar surface area (TPSA) is 32.3 Å². The molecular weight excluding hydrogens is 550 g/mol. The number of anilines is 2. The fraction of sp³-hybridized carbons (Fsp3) is 0.421. The molecule has 0 aliphatic carbocycles. The summed E-state index contributed by atoms with van der Waals surface area (Å²) in [4.78, 5) is 14.6. The van der Waals surface area contributed by atoms with Crippen LogP contribution in [0.5, 0.6) is 0 Å². The van der Waals surface area contributed by atoms with Crippen LogP contribution in [0.4, 0.5) is 20.2 Å². The van der Waals surface area contributed by atoms with Gasteiger partial charge in [-0.25, -0.2) is 8.78 Å². The standard InChI is InChI=1S/C38H46F2N4/c1-35(2)23-14-13-15-24(16-23)36(3,4)32-18-26(44(11)12)20-34(42-32)38(7,8)28-21-27(29(39)22-30(28)40)37(5,6)33-19-25(43(9)10)17-31(35)41-33/h13-22H,1-12H3. The van der Waals surface area contributed by atoms with E-state index in [2.05, 4.69) is 73.9 Å². The van der Waals surface area contributed by atoms with Crippen molar-refractivity contribution in [1.82, 2.24) is 9.97 Å². The maximum absolute atomic E-state index is 15.9. The third kappa shape index (κ3) is 5.06. The Morgan fingerprint density at radius 3 is 1.16 bits per heavy atom.